The first-order valence-corrected chi connectivity index (χ1v) is 11.9. The normalized spacial score (nSPS) is 23.5. The van der Waals surface area contributed by atoms with Gasteiger partial charge in [0.1, 0.15) is 0 Å². The van der Waals surface area contributed by atoms with Crippen LogP contribution >= 0.6 is 0 Å². The summed E-state index contributed by atoms with van der Waals surface area (Å²) in [6, 6.07) is 0. The average Bonchev–Trinajstić information content (AvgIpc) is 3.11. The lowest BCUT2D eigenvalue weighted by Crippen LogP contribution is -2.01. The van der Waals surface area contributed by atoms with Crippen LogP contribution < -0.4 is 0 Å². The Morgan fingerprint density at radius 2 is 0.625 bits per heavy atom. The van der Waals surface area contributed by atoms with Crippen molar-refractivity contribution in [2.24, 2.45) is 11.8 Å². The van der Waals surface area contributed by atoms with E-state index in [1.54, 1.807) is 38.5 Å². The lowest BCUT2D eigenvalue weighted by Gasteiger charge is -2.17. The van der Waals surface area contributed by atoms with Crippen molar-refractivity contribution in [1.29, 1.82) is 0 Å². The van der Waals surface area contributed by atoms with Crippen LogP contribution in [0.1, 0.15) is 141 Å². The van der Waals surface area contributed by atoms with E-state index in [0.29, 0.717) is 0 Å². The van der Waals surface area contributed by atoms with Crippen LogP contribution in [0.4, 0.5) is 0 Å². The smallest absolute Gasteiger partial charge is 0.0414 e. The van der Waals surface area contributed by atoms with E-state index in [1.165, 1.54) is 103 Å². The predicted octanol–water partition coefficient (Wildman–Crippen LogP) is 8.83. The van der Waals surface area contributed by atoms with Gasteiger partial charge in [0.15, 0.2) is 0 Å². The van der Waals surface area contributed by atoms with Crippen LogP contribution in [0, 0.1) is 11.8 Å². The van der Waals surface area contributed by atoms with Crippen molar-refractivity contribution in [2.75, 3.05) is 0 Å². The topological polar surface area (TPSA) is 0 Å². The Morgan fingerprint density at radius 1 is 0.333 bits per heavy atom. The van der Waals surface area contributed by atoms with Crippen molar-refractivity contribution >= 4 is 0 Å². The summed E-state index contributed by atoms with van der Waals surface area (Å²) in [5.41, 5.74) is 0. The second-order valence-corrected chi connectivity index (χ2v) is 9.12. The van der Waals surface area contributed by atoms with Crippen LogP contribution in [0.2, 0.25) is 0 Å². The maximum atomic E-state index is 1.55. The van der Waals surface area contributed by atoms with Gasteiger partial charge in [-0.2, -0.15) is 0 Å². The van der Waals surface area contributed by atoms with Gasteiger partial charge in [-0.05, 0) is 11.8 Å². The molecular formula is C24H46. The van der Waals surface area contributed by atoms with Gasteiger partial charge in [0, 0.05) is 0 Å². The second kappa shape index (κ2) is 14.2. The van der Waals surface area contributed by atoms with Gasteiger partial charge in [-0.1, -0.05) is 141 Å². The Hall–Kier alpha value is 0. The standard InChI is InChI=1S/C24H46/c1-2-4-6-8-12-18-23(17-11-7-5-3-1)19-13-9-10-14-20-24-21-15-16-22-24/h23-24H,1-22H2. The first kappa shape index (κ1) is 20.3. The third-order valence-corrected chi connectivity index (χ3v) is 6.92. The maximum Gasteiger partial charge on any atom is -0.0414 e. The predicted molar refractivity (Wildman–Crippen MR) is 109 cm³/mol. The van der Waals surface area contributed by atoms with Crippen LogP contribution in [-0.4, -0.2) is 0 Å². The zero-order chi connectivity index (χ0) is 16.7. The molecule has 142 valence electrons. The van der Waals surface area contributed by atoms with E-state index in [-0.39, 0.29) is 0 Å². The van der Waals surface area contributed by atoms with Crippen LogP contribution in [0.15, 0.2) is 0 Å². The summed E-state index contributed by atoms with van der Waals surface area (Å²) in [7, 11) is 0. The molecule has 24 heavy (non-hydrogen) atoms. The van der Waals surface area contributed by atoms with E-state index < -0.39 is 0 Å². The summed E-state index contributed by atoms with van der Waals surface area (Å²) in [4.78, 5) is 0. The zero-order valence-corrected chi connectivity index (χ0v) is 16.7. The summed E-state index contributed by atoms with van der Waals surface area (Å²) in [5.74, 6) is 2.18. The van der Waals surface area contributed by atoms with Crippen molar-refractivity contribution < 1.29 is 0 Å². The highest BCUT2D eigenvalue weighted by Gasteiger charge is 2.14. The molecule has 2 aliphatic carbocycles. The summed E-state index contributed by atoms with van der Waals surface area (Å²) < 4.78 is 0. The van der Waals surface area contributed by atoms with Crippen molar-refractivity contribution in [3.8, 4) is 0 Å². The molecular weight excluding hydrogens is 288 g/mol. The molecule has 0 N–H and O–H groups in total. The highest BCUT2D eigenvalue weighted by atomic mass is 14.2. The van der Waals surface area contributed by atoms with Gasteiger partial charge in [-0.15, -0.1) is 0 Å². The van der Waals surface area contributed by atoms with Crippen LogP contribution in [0.5, 0.6) is 0 Å². The van der Waals surface area contributed by atoms with E-state index in [0.717, 1.165) is 11.8 Å². The first-order valence-electron chi connectivity index (χ1n) is 11.9. The molecule has 0 amide bonds. The minimum atomic E-state index is 1.07. The molecule has 0 aromatic carbocycles. The van der Waals surface area contributed by atoms with Crippen molar-refractivity contribution in [3.63, 3.8) is 0 Å². The van der Waals surface area contributed by atoms with Crippen LogP contribution in [0.25, 0.3) is 0 Å². The van der Waals surface area contributed by atoms with E-state index in [4.69, 9.17) is 0 Å². The maximum absolute atomic E-state index is 1.55. The van der Waals surface area contributed by atoms with Gasteiger partial charge in [0.2, 0.25) is 0 Å². The third-order valence-electron chi connectivity index (χ3n) is 6.92. The summed E-state index contributed by atoms with van der Waals surface area (Å²) in [6.07, 6.45) is 33.5. The summed E-state index contributed by atoms with van der Waals surface area (Å²) >= 11 is 0. The van der Waals surface area contributed by atoms with E-state index in [9.17, 15) is 0 Å². The number of unbranched alkanes of at least 4 members (excludes halogenated alkanes) is 3. The highest BCUT2D eigenvalue weighted by molar-refractivity contribution is 4.67. The molecule has 0 saturated heterocycles. The fourth-order valence-electron chi connectivity index (χ4n) is 5.23. The van der Waals surface area contributed by atoms with Gasteiger partial charge < -0.3 is 0 Å². The van der Waals surface area contributed by atoms with Gasteiger partial charge in [0.05, 0.1) is 0 Å². The van der Waals surface area contributed by atoms with Gasteiger partial charge >= 0.3 is 0 Å². The Kier molecular flexibility index (Phi) is 12.0. The second-order valence-electron chi connectivity index (χ2n) is 9.12. The number of hydrogen-bond acceptors (Lipinski definition) is 0. The first-order chi connectivity index (χ1) is 11.9. The van der Waals surface area contributed by atoms with Crippen LogP contribution in [0.3, 0.4) is 0 Å². The molecule has 0 bridgehead atoms. The molecule has 2 rings (SSSR count). The number of hydrogen-bond donors (Lipinski definition) is 0. The van der Waals surface area contributed by atoms with Gasteiger partial charge in [-0.25, -0.2) is 0 Å². The van der Waals surface area contributed by atoms with E-state index in [2.05, 4.69) is 0 Å². The molecule has 0 aromatic heterocycles. The summed E-state index contributed by atoms with van der Waals surface area (Å²) in [6.45, 7) is 0. The van der Waals surface area contributed by atoms with E-state index >= 15 is 0 Å². The molecule has 2 aliphatic rings. The molecule has 0 heteroatoms. The lowest BCUT2D eigenvalue weighted by atomic mass is 9.89. The molecule has 0 spiro atoms. The molecule has 0 heterocycles. The Balaban J connectivity index is 1.50. The average molecular weight is 335 g/mol. The van der Waals surface area contributed by atoms with Gasteiger partial charge in [0.25, 0.3) is 0 Å². The molecule has 0 aromatic rings. The highest BCUT2D eigenvalue weighted by Crippen LogP contribution is 2.30. The van der Waals surface area contributed by atoms with Gasteiger partial charge in [-0.3, -0.25) is 0 Å². The zero-order valence-electron chi connectivity index (χ0n) is 16.7. The van der Waals surface area contributed by atoms with E-state index in [1.807, 2.05) is 0 Å². The van der Waals surface area contributed by atoms with Crippen molar-refractivity contribution in [3.05, 3.63) is 0 Å². The van der Waals surface area contributed by atoms with Crippen LogP contribution in [-0.2, 0) is 0 Å². The Labute approximate surface area is 153 Å². The number of rotatable bonds is 7. The minimum Gasteiger partial charge on any atom is -0.0533 e. The van der Waals surface area contributed by atoms with Crippen molar-refractivity contribution in [2.45, 2.75) is 141 Å². The summed E-state index contributed by atoms with van der Waals surface area (Å²) in [5, 5.41) is 0. The Morgan fingerprint density at radius 3 is 1.00 bits per heavy atom. The van der Waals surface area contributed by atoms with Crippen molar-refractivity contribution in [1.82, 2.24) is 0 Å². The lowest BCUT2D eigenvalue weighted by molar-refractivity contribution is 0.366. The third kappa shape index (κ3) is 10.1. The fourth-order valence-corrected chi connectivity index (χ4v) is 5.23. The molecule has 0 atom stereocenters. The molecule has 0 aliphatic heterocycles. The Bertz CT molecular complexity index is 249. The SMILES string of the molecule is C1CCCCCCC(CCCCCCC2CCCC2)CCCCC1. The monoisotopic (exact) mass is 334 g/mol. The molecule has 0 radical (unpaired) electrons. The molecule has 2 saturated carbocycles. The fraction of sp³-hybridized carbons (Fsp3) is 1.00. The largest absolute Gasteiger partial charge is 0.0533 e. The molecule has 0 unspecified atom stereocenters. The minimum absolute atomic E-state index is 1.07. The molecule has 2 fully saturated rings. The molecule has 0 nitrogen and oxygen atoms in total. The quantitative estimate of drug-likeness (QED) is 0.408.